The molecule has 1 aromatic carbocycles. The van der Waals surface area contributed by atoms with Gasteiger partial charge in [0.25, 0.3) is 0 Å². The van der Waals surface area contributed by atoms with Crippen LogP contribution in [0.2, 0.25) is 4.34 Å². The number of benzene rings is 1. The molecule has 23 heavy (non-hydrogen) atoms. The topological polar surface area (TPSA) is 66.0 Å². The van der Waals surface area contributed by atoms with Crippen molar-refractivity contribution < 1.29 is 9.13 Å². The number of rotatable bonds is 6. The van der Waals surface area contributed by atoms with E-state index in [1.54, 1.807) is 12.1 Å². The van der Waals surface area contributed by atoms with Gasteiger partial charge in [0, 0.05) is 10.6 Å². The normalized spacial score (nSPS) is 10.9. The van der Waals surface area contributed by atoms with E-state index in [1.807, 2.05) is 12.1 Å². The maximum atomic E-state index is 12.8. The molecule has 2 aromatic heterocycles. The Kier molecular flexibility index (Phi) is 5.04. The molecule has 0 saturated heterocycles. The van der Waals surface area contributed by atoms with Crippen molar-refractivity contribution in [3.8, 4) is 5.75 Å². The number of hydrogen-bond acceptors (Lipinski definition) is 6. The third-order valence-electron chi connectivity index (χ3n) is 2.89. The summed E-state index contributed by atoms with van der Waals surface area (Å²) in [5, 5.41) is 8.65. The summed E-state index contributed by atoms with van der Waals surface area (Å²) in [7, 11) is 0. The van der Waals surface area contributed by atoms with Crippen LogP contribution >= 0.6 is 34.7 Å². The smallest absolute Gasteiger partial charge is 0.210 e. The summed E-state index contributed by atoms with van der Waals surface area (Å²) >= 11 is 8.89. The predicted molar refractivity (Wildman–Crippen MR) is 89.8 cm³/mol. The van der Waals surface area contributed by atoms with Crippen molar-refractivity contribution in [1.29, 1.82) is 0 Å². The first-order valence-electron chi connectivity index (χ1n) is 6.56. The fourth-order valence-corrected chi connectivity index (χ4v) is 3.75. The van der Waals surface area contributed by atoms with Gasteiger partial charge in [-0.1, -0.05) is 23.4 Å². The zero-order valence-electron chi connectivity index (χ0n) is 11.8. The highest BCUT2D eigenvalue weighted by Gasteiger charge is 2.11. The van der Waals surface area contributed by atoms with Gasteiger partial charge in [-0.2, -0.15) is 0 Å². The number of nitrogen functional groups attached to an aromatic ring is 1. The maximum Gasteiger partial charge on any atom is 0.210 e. The summed E-state index contributed by atoms with van der Waals surface area (Å²) in [6, 6.07) is 9.57. The van der Waals surface area contributed by atoms with Crippen molar-refractivity contribution in [1.82, 2.24) is 14.9 Å². The Morgan fingerprint density at radius 3 is 2.70 bits per heavy atom. The van der Waals surface area contributed by atoms with Crippen LogP contribution in [0, 0.1) is 5.82 Å². The summed E-state index contributed by atoms with van der Waals surface area (Å²) < 4.78 is 20.5. The number of nitrogens with two attached hydrogens (primary N) is 1. The lowest BCUT2D eigenvalue weighted by molar-refractivity contribution is 0.291. The predicted octanol–water partition coefficient (Wildman–Crippen LogP) is 3.72. The molecule has 3 rings (SSSR count). The summed E-state index contributed by atoms with van der Waals surface area (Å²) in [6.07, 6.45) is 0. The van der Waals surface area contributed by atoms with Gasteiger partial charge >= 0.3 is 0 Å². The number of thiophene rings is 1. The molecule has 0 aliphatic carbocycles. The SMILES string of the molecule is Nn1c(COc2ccc(F)cc2)nnc1SCc1ccc(Cl)s1. The standard InChI is InChI=1S/C14H12ClFN4OS2/c15-12-6-5-11(23-12)8-22-14-19-18-13(20(14)17)7-21-10-3-1-9(16)2-4-10/h1-6H,7-8,17H2. The molecule has 9 heteroatoms. The van der Waals surface area contributed by atoms with Gasteiger partial charge < -0.3 is 10.6 Å². The Morgan fingerprint density at radius 1 is 1.22 bits per heavy atom. The Labute approximate surface area is 145 Å². The van der Waals surface area contributed by atoms with Crippen LogP contribution < -0.4 is 10.6 Å². The molecule has 5 nitrogen and oxygen atoms in total. The minimum atomic E-state index is -0.313. The second-order valence-corrected chi connectivity index (χ2v) is 7.25. The third-order valence-corrected chi connectivity index (χ3v) is 5.29. The van der Waals surface area contributed by atoms with Crippen LogP contribution in [0.5, 0.6) is 5.75 Å². The first-order valence-corrected chi connectivity index (χ1v) is 8.74. The van der Waals surface area contributed by atoms with E-state index in [0.29, 0.717) is 22.5 Å². The van der Waals surface area contributed by atoms with E-state index in [2.05, 4.69) is 10.2 Å². The fraction of sp³-hybridized carbons (Fsp3) is 0.143. The zero-order valence-corrected chi connectivity index (χ0v) is 14.2. The molecule has 0 bridgehead atoms. The van der Waals surface area contributed by atoms with Crippen molar-refractivity contribution in [2.75, 3.05) is 5.84 Å². The van der Waals surface area contributed by atoms with Gasteiger partial charge in [-0.3, -0.25) is 0 Å². The van der Waals surface area contributed by atoms with Gasteiger partial charge in [0.1, 0.15) is 18.2 Å². The third kappa shape index (κ3) is 4.15. The number of ether oxygens (including phenoxy) is 1. The quantitative estimate of drug-likeness (QED) is 0.529. The lowest BCUT2D eigenvalue weighted by atomic mass is 10.3. The lowest BCUT2D eigenvalue weighted by Gasteiger charge is -2.06. The average molecular weight is 371 g/mol. The fourth-order valence-electron chi connectivity index (χ4n) is 1.75. The van der Waals surface area contributed by atoms with Crippen molar-refractivity contribution in [3.63, 3.8) is 0 Å². The molecule has 0 atom stereocenters. The minimum Gasteiger partial charge on any atom is -0.486 e. The van der Waals surface area contributed by atoms with E-state index in [0.717, 1.165) is 9.21 Å². The van der Waals surface area contributed by atoms with Crippen LogP contribution in [0.4, 0.5) is 4.39 Å². The molecule has 0 spiro atoms. The Morgan fingerprint density at radius 2 is 2.00 bits per heavy atom. The van der Waals surface area contributed by atoms with Crippen molar-refractivity contribution >= 4 is 34.7 Å². The van der Waals surface area contributed by atoms with Crippen LogP contribution in [0.3, 0.4) is 0 Å². The lowest BCUT2D eigenvalue weighted by Crippen LogP contribution is -2.15. The molecule has 0 radical (unpaired) electrons. The van der Waals surface area contributed by atoms with Crippen molar-refractivity contribution in [2.45, 2.75) is 17.5 Å². The summed E-state index contributed by atoms with van der Waals surface area (Å²) in [5.41, 5.74) is 0. The highest BCUT2D eigenvalue weighted by atomic mass is 35.5. The number of aromatic nitrogens is 3. The molecular weight excluding hydrogens is 359 g/mol. The number of hydrogen-bond donors (Lipinski definition) is 1. The van der Waals surface area contributed by atoms with Crippen molar-refractivity contribution in [3.05, 3.63) is 57.3 Å². The number of halogens is 2. The van der Waals surface area contributed by atoms with E-state index >= 15 is 0 Å². The minimum absolute atomic E-state index is 0.153. The van der Waals surface area contributed by atoms with Gasteiger partial charge in [-0.05, 0) is 36.4 Å². The maximum absolute atomic E-state index is 12.8. The highest BCUT2D eigenvalue weighted by Crippen LogP contribution is 2.28. The first kappa shape index (κ1) is 16.1. The first-order chi connectivity index (χ1) is 11.1. The molecule has 0 aliphatic heterocycles. The molecule has 120 valence electrons. The second kappa shape index (κ2) is 7.20. The Hall–Kier alpha value is -1.77. The highest BCUT2D eigenvalue weighted by molar-refractivity contribution is 7.98. The van der Waals surface area contributed by atoms with Gasteiger partial charge in [0.05, 0.1) is 4.34 Å². The van der Waals surface area contributed by atoms with E-state index in [4.69, 9.17) is 22.2 Å². The Bertz CT molecular complexity index is 790. The number of nitrogens with zero attached hydrogens (tertiary/aromatic N) is 3. The van der Waals surface area contributed by atoms with Crippen LogP contribution in [0.25, 0.3) is 0 Å². The molecule has 2 heterocycles. The zero-order chi connectivity index (χ0) is 16.2. The summed E-state index contributed by atoms with van der Waals surface area (Å²) in [5.74, 6) is 7.40. The molecule has 0 fully saturated rings. The van der Waals surface area contributed by atoms with Crippen LogP contribution in [0.15, 0.2) is 41.6 Å². The number of thioether (sulfide) groups is 1. The van der Waals surface area contributed by atoms with Crippen LogP contribution in [-0.2, 0) is 12.4 Å². The molecule has 0 aliphatic rings. The molecule has 0 unspecified atom stereocenters. The monoisotopic (exact) mass is 370 g/mol. The van der Waals surface area contributed by atoms with Gasteiger partial charge in [0.2, 0.25) is 5.16 Å². The van der Waals surface area contributed by atoms with Crippen LogP contribution in [0.1, 0.15) is 10.7 Å². The van der Waals surface area contributed by atoms with Crippen LogP contribution in [-0.4, -0.2) is 14.9 Å². The molecule has 0 amide bonds. The Balaban J connectivity index is 1.59. The van der Waals surface area contributed by atoms with E-state index < -0.39 is 0 Å². The summed E-state index contributed by atoms with van der Waals surface area (Å²) in [4.78, 5) is 1.13. The van der Waals surface area contributed by atoms with Gasteiger partial charge in [0.15, 0.2) is 5.82 Å². The average Bonchev–Trinajstić information content (AvgIpc) is 3.11. The van der Waals surface area contributed by atoms with Gasteiger partial charge in [-0.15, -0.1) is 21.5 Å². The molecule has 2 N–H and O–H groups in total. The van der Waals surface area contributed by atoms with E-state index in [-0.39, 0.29) is 12.4 Å². The largest absolute Gasteiger partial charge is 0.486 e. The van der Waals surface area contributed by atoms with E-state index in [1.165, 1.54) is 39.9 Å². The second-order valence-electron chi connectivity index (χ2n) is 4.51. The molecule has 0 saturated carbocycles. The summed E-state index contributed by atoms with van der Waals surface area (Å²) in [6.45, 7) is 0.153. The molecule has 3 aromatic rings. The van der Waals surface area contributed by atoms with Gasteiger partial charge in [-0.25, -0.2) is 9.07 Å². The molecular formula is C14H12ClFN4OS2. The van der Waals surface area contributed by atoms with Crippen molar-refractivity contribution in [2.24, 2.45) is 0 Å². The van der Waals surface area contributed by atoms with E-state index in [9.17, 15) is 4.39 Å².